The van der Waals surface area contributed by atoms with Crippen molar-refractivity contribution in [3.05, 3.63) is 205 Å². The maximum atomic E-state index is 5.07. The maximum absolute atomic E-state index is 5.07. The minimum absolute atomic E-state index is 0.00294. The van der Waals surface area contributed by atoms with Gasteiger partial charge in [0.15, 0.2) is 17.5 Å². The lowest BCUT2D eigenvalue weighted by atomic mass is 9.84. The van der Waals surface area contributed by atoms with Crippen molar-refractivity contribution in [3.8, 4) is 34.2 Å². The number of rotatable bonds is 5. The first kappa shape index (κ1) is 30.0. The van der Waals surface area contributed by atoms with Gasteiger partial charge in [0.2, 0.25) is 0 Å². The first-order chi connectivity index (χ1) is 25.8. The molecular weight excluding hydrogens is 635 g/mol. The van der Waals surface area contributed by atoms with Crippen molar-refractivity contribution >= 4 is 28.4 Å². The summed E-state index contributed by atoms with van der Waals surface area (Å²) in [5.41, 5.74) is 12.5. The average molecular weight is 668 g/mol. The van der Waals surface area contributed by atoms with Crippen LogP contribution >= 0.6 is 0 Å². The molecule has 0 aliphatic carbocycles. The topological polar surface area (TPSA) is 45.2 Å². The van der Waals surface area contributed by atoms with E-state index in [-0.39, 0.29) is 12.0 Å². The molecule has 0 saturated heterocycles. The summed E-state index contributed by atoms with van der Waals surface area (Å²) in [5, 5.41) is 0. The first-order valence-electron chi connectivity index (χ1n) is 17.7. The van der Waals surface area contributed by atoms with Gasteiger partial charge in [-0.15, -0.1) is 0 Å². The van der Waals surface area contributed by atoms with E-state index in [0.29, 0.717) is 17.5 Å². The van der Waals surface area contributed by atoms with Gasteiger partial charge in [0, 0.05) is 39.7 Å². The van der Waals surface area contributed by atoms with Gasteiger partial charge >= 0.3 is 0 Å². The van der Waals surface area contributed by atoms with Crippen LogP contribution in [0.3, 0.4) is 0 Å². The van der Waals surface area contributed by atoms with Gasteiger partial charge in [-0.3, -0.25) is 0 Å². The lowest BCUT2D eigenvalue weighted by Gasteiger charge is -2.32. The van der Waals surface area contributed by atoms with Gasteiger partial charge < -0.3 is 9.80 Å². The fourth-order valence-electron chi connectivity index (χ4n) is 8.01. The molecule has 2 atom stereocenters. The second-order valence-corrected chi connectivity index (χ2v) is 13.2. The van der Waals surface area contributed by atoms with Crippen LogP contribution in [-0.2, 0) is 0 Å². The molecule has 52 heavy (non-hydrogen) atoms. The normalized spacial score (nSPS) is 15.6. The van der Waals surface area contributed by atoms with Crippen LogP contribution < -0.4 is 9.80 Å². The van der Waals surface area contributed by atoms with Crippen molar-refractivity contribution < 1.29 is 0 Å². The summed E-state index contributed by atoms with van der Waals surface area (Å²) in [6.07, 6.45) is 0. The number of para-hydroxylation sites is 4. The summed E-state index contributed by atoms with van der Waals surface area (Å²) < 4.78 is 0. The zero-order valence-corrected chi connectivity index (χ0v) is 28.3. The van der Waals surface area contributed by atoms with Gasteiger partial charge in [-0.05, 0) is 59.2 Å². The average Bonchev–Trinajstić information content (AvgIpc) is 3.51. The Labute approximate surface area is 303 Å². The number of hydrogen-bond acceptors (Lipinski definition) is 5. The highest BCUT2D eigenvalue weighted by atomic mass is 15.2. The Balaban J connectivity index is 1.17. The summed E-state index contributed by atoms with van der Waals surface area (Å²) in [6, 6.07) is 66.4. The van der Waals surface area contributed by atoms with Crippen LogP contribution in [0.15, 0.2) is 188 Å². The van der Waals surface area contributed by atoms with Gasteiger partial charge in [0.25, 0.3) is 0 Å². The second-order valence-electron chi connectivity index (χ2n) is 13.2. The fourth-order valence-corrected chi connectivity index (χ4v) is 8.01. The predicted molar refractivity (Wildman–Crippen MR) is 210 cm³/mol. The minimum Gasteiger partial charge on any atom is -0.333 e. The third-order valence-electron chi connectivity index (χ3n) is 10.2. The van der Waals surface area contributed by atoms with Crippen LogP contribution in [0.25, 0.3) is 34.2 Å². The molecule has 0 saturated carbocycles. The molecule has 0 fully saturated rings. The van der Waals surface area contributed by atoms with Crippen molar-refractivity contribution in [1.29, 1.82) is 0 Å². The summed E-state index contributed by atoms with van der Waals surface area (Å²) in [5.74, 6) is 2.03. The molecule has 5 heteroatoms. The highest BCUT2D eigenvalue weighted by Gasteiger charge is 2.45. The molecule has 0 amide bonds. The number of anilines is 5. The quantitative estimate of drug-likeness (QED) is 0.183. The Morgan fingerprint density at radius 1 is 0.346 bits per heavy atom. The standard InChI is InChI=1S/C47H33N5/c1-4-17-32(18-5-1)45-48-46(33-19-6-2-7-20-33)50-47(49-45)34-21-16-24-36(31-34)52-41-29-14-11-26-38(41)43-37-25-10-13-28-40(37)51(35-22-8-3-9-23-35)42-30-15-12-27-39(42)44(43)52/h1-31,43-44H. The van der Waals surface area contributed by atoms with Gasteiger partial charge in [0.05, 0.1) is 17.4 Å². The highest BCUT2D eigenvalue weighted by Crippen LogP contribution is 2.61. The fraction of sp³-hybridized carbons (Fsp3) is 0.0426. The zero-order valence-electron chi connectivity index (χ0n) is 28.3. The Kier molecular flexibility index (Phi) is 7.21. The highest BCUT2D eigenvalue weighted by molar-refractivity contribution is 5.88. The molecule has 2 unspecified atom stereocenters. The van der Waals surface area contributed by atoms with Crippen molar-refractivity contribution in [2.24, 2.45) is 0 Å². The van der Waals surface area contributed by atoms with E-state index in [2.05, 4.69) is 137 Å². The molecule has 5 nitrogen and oxygen atoms in total. The number of fused-ring (bicyclic) bond motifs is 7. The molecule has 3 heterocycles. The summed E-state index contributed by atoms with van der Waals surface area (Å²) >= 11 is 0. The lowest BCUT2D eigenvalue weighted by Crippen LogP contribution is -2.22. The summed E-state index contributed by atoms with van der Waals surface area (Å²) in [7, 11) is 0. The van der Waals surface area contributed by atoms with Crippen LogP contribution in [0.5, 0.6) is 0 Å². The molecular formula is C47H33N5. The first-order valence-corrected chi connectivity index (χ1v) is 17.7. The van der Waals surface area contributed by atoms with Crippen molar-refractivity contribution in [2.45, 2.75) is 12.0 Å². The largest absolute Gasteiger partial charge is 0.333 e. The minimum atomic E-state index is -0.00294. The molecule has 0 N–H and O–H groups in total. The van der Waals surface area contributed by atoms with Gasteiger partial charge in [-0.2, -0.15) is 0 Å². The molecule has 246 valence electrons. The molecule has 8 aromatic rings. The van der Waals surface area contributed by atoms with Crippen LogP contribution in [0.1, 0.15) is 28.7 Å². The van der Waals surface area contributed by atoms with E-state index in [1.165, 1.54) is 33.8 Å². The van der Waals surface area contributed by atoms with Crippen LogP contribution in [0, 0.1) is 0 Å². The molecule has 0 spiro atoms. The number of nitrogens with zero attached hydrogens (tertiary/aromatic N) is 5. The molecule has 0 radical (unpaired) electrons. The molecule has 7 aromatic carbocycles. The Morgan fingerprint density at radius 2 is 0.769 bits per heavy atom. The van der Waals surface area contributed by atoms with E-state index in [1.807, 2.05) is 60.7 Å². The molecule has 1 aromatic heterocycles. The van der Waals surface area contributed by atoms with Crippen molar-refractivity contribution in [3.63, 3.8) is 0 Å². The monoisotopic (exact) mass is 667 g/mol. The van der Waals surface area contributed by atoms with E-state index in [9.17, 15) is 0 Å². The van der Waals surface area contributed by atoms with E-state index in [4.69, 9.17) is 15.0 Å². The van der Waals surface area contributed by atoms with Gasteiger partial charge in [0.1, 0.15) is 0 Å². The summed E-state index contributed by atoms with van der Waals surface area (Å²) in [6.45, 7) is 0. The number of benzene rings is 7. The SMILES string of the molecule is c1ccc(-c2nc(-c3ccccc3)nc(-c3cccc(N4c5ccccc5C5c6ccccc6N(c6ccccc6)c6ccccc6C54)c3)n2)cc1. The molecule has 2 aliphatic rings. The maximum Gasteiger partial charge on any atom is 0.164 e. The summed E-state index contributed by atoms with van der Waals surface area (Å²) in [4.78, 5) is 20.0. The van der Waals surface area contributed by atoms with Crippen LogP contribution in [0.2, 0.25) is 0 Å². The Hall–Kier alpha value is -6.85. The molecule has 10 rings (SSSR count). The van der Waals surface area contributed by atoms with E-state index >= 15 is 0 Å². The van der Waals surface area contributed by atoms with E-state index < -0.39 is 0 Å². The predicted octanol–water partition coefficient (Wildman–Crippen LogP) is 11.7. The van der Waals surface area contributed by atoms with Gasteiger partial charge in [-0.25, -0.2) is 15.0 Å². The Morgan fingerprint density at radius 3 is 1.38 bits per heavy atom. The Bertz CT molecular complexity index is 2490. The lowest BCUT2D eigenvalue weighted by molar-refractivity contribution is 0.665. The third kappa shape index (κ3) is 4.97. The van der Waals surface area contributed by atoms with Crippen LogP contribution in [-0.4, -0.2) is 15.0 Å². The van der Waals surface area contributed by atoms with Gasteiger partial charge in [-0.1, -0.05) is 146 Å². The smallest absolute Gasteiger partial charge is 0.164 e. The third-order valence-corrected chi connectivity index (χ3v) is 10.2. The van der Waals surface area contributed by atoms with E-state index in [1.54, 1.807) is 0 Å². The van der Waals surface area contributed by atoms with Crippen LogP contribution in [0.4, 0.5) is 28.4 Å². The van der Waals surface area contributed by atoms with Crippen molar-refractivity contribution in [2.75, 3.05) is 9.80 Å². The number of aromatic nitrogens is 3. The van der Waals surface area contributed by atoms with Crippen molar-refractivity contribution in [1.82, 2.24) is 15.0 Å². The molecule has 0 bridgehead atoms. The van der Waals surface area contributed by atoms with E-state index in [0.717, 1.165) is 28.1 Å². The zero-order chi connectivity index (χ0) is 34.4. The molecule has 2 aliphatic heterocycles. The second kappa shape index (κ2) is 12.5. The number of hydrogen-bond donors (Lipinski definition) is 0.